The van der Waals surface area contributed by atoms with E-state index in [4.69, 9.17) is 0 Å². The van der Waals surface area contributed by atoms with Crippen LogP contribution in [0.25, 0.3) is 0 Å². The van der Waals surface area contributed by atoms with Crippen LogP contribution in [0.2, 0.25) is 0 Å². The first kappa shape index (κ1) is 20.8. The molecule has 1 aliphatic rings. The maximum absolute atomic E-state index is 12.6. The van der Waals surface area contributed by atoms with Crippen molar-refractivity contribution in [3.63, 3.8) is 0 Å². The Kier molecular flexibility index (Phi) is 5.36. The average Bonchev–Trinajstić information content (AvgIpc) is 3.12. The monoisotopic (exact) mass is 438 g/mol. The Bertz CT molecular complexity index is 1270. The summed E-state index contributed by atoms with van der Waals surface area (Å²) in [5.74, 6) is -1.24. The molecule has 0 fully saturated rings. The van der Waals surface area contributed by atoms with Gasteiger partial charge in [0.15, 0.2) is 0 Å². The van der Waals surface area contributed by atoms with E-state index in [0.29, 0.717) is 10.8 Å². The SMILES string of the molecule is Cc1nn(Cc2ccccc2)c(C)c1CNC(=O)CN1C(=O)c2ccccc2S1(=O)=O. The van der Waals surface area contributed by atoms with Gasteiger partial charge in [-0.2, -0.15) is 5.10 Å². The molecule has 0 unspecified atom stereocenters. The van der Waals surface area contributed by atoms with Gasteiger partial charge in [-0.15, -0.1) is 0 Å². The molecule has 1 N–H and O–H groups in total. The molecule has 9 heteroatoms. The molecule has 4 rings (SSSR count). The summed E-state index contributed by atoms with van der Waals surface area (Å²) in [6, 6.07) is 15.9. The van der Waals surface area contributed by atoms with Crippen molar-refractivity contribution >= 4 is 21.8 Å². The highest BCUT2D eigenvalue weighted by Gasteiger charge is 2.41. The molecule has 0 radical (unpaired) electrons. The lowest BCUT2D eigenvalue weighted by Crippen LogP contribution is -2.40. The van der Waals surface area contributed by atoms with Crippen molar-refractivity contribution in [3.8, 4) is 0 Å². The predicted molar refractivity (Wildman–Crippen MR) is 114 cm³/mol. The third-order valence-corrected chi connectivity index (χ3v) is 7.16. The largest absolute Gasteiger partial charge is 0.350 e. The molecule has 0 bridgehead atoms. The maximum Gasteiger partial charge on any atom is 0.269 e. The molecule has 0 aliphatic carbocycles. The van der Waals surface area contributed by atoms with Gasteiger partial charge in [-0.05, 0) is 31.5 Å². The number of carbonyl (C=O) groups is 2. The van der Waals surface area contributed by atoms with E-state index in [1.165, 1.54) is 12.1 Å². The molecule has 8 nitrogen and oxygen atoms in total. The maximum atomic E-state index is 12.6. The fraction of sp³-hybridized carbons (Fsp3) is 0.227. The van der Waals surface area contributed by atoms with Gasteiger partial charge in [-0.25, -0.2) is 12.7 Å². The van der Waals surface area contributed by atoms with Crippen molar-refractivity contribution in [3.05, 3.63) is 82.7 Å². The zero-order valence-electron chi connectivity index (χ0n) is 17.2. The van der Waals surface area contributed by atoms with E-state index >= 15 is 0 Å². The molecule has 1 aliphatic heterocycles. The van der Waals surface area contributed by atoms with Gasteiger partial charge in [0, 0.05) is 17.8 Å². The number of carbonyl (C=O) groups excluding carboxylic acids is 2. The first-order valence-electron chi connectivity index (χ1n) is 9.78. The van der Waals surface area contributed by atoms with Crippen LogP contribution in [0.15, 0.2) is 59.5 Å². The van der Waals surface area contributed by atoms with Crippen LogP contribution >= 0.6 is 0 Å². The molecule has 31 heavy (non-hydrogen) atoms. The number of amides is 2. The molecule has 0 atom stereocenters. The average molecular weight is 439 g/mol. The molecule has 2 amide bonds. The third kappa shape index (κ3) is 3.84. The van der Waals surface area contributed by atoms with Crippen LogP contribution in [0, 0.1) is 13.8 Å². The lowest BCUT2D eigenvalue weighted by molar-refractivity contribution is -0.121. The van der Waals surface area contributed by atoms with Crippen molar-refractivity contribution in [1.82, 2.24) is 19.4 Å². The molecule has 2 aromatic carbocycles. The zero-order valence-corrected chi connectivity index (χ0v) is 18.0. The Labute approximate surface area is 180 Å². The predicted octanol–water partition coefficient (Wildman–Crippen LogP) is 2.01. The second-order valence-electron chi connectivity index (χ2n) is 7.38. The number of hydrogen-bond donors (Lipinski definition) is 1. The Morgan fingerprint density at radius 3 is 2.42 bits per heavy atom. The smallest absolute Gasteiger partial charge is 0.269 e. The second kappa shape index (κ2) is 7.99. The summed E-state index contributed by atoms with van der Waals surface area (Å²) >= 11 is 0. The highest BCUT2D eigenvalue weighted by atomic mass is 32.2. The number of aryl methyl sites for hydroxylation is 1. The molecule has 1 aromatic heterocycles. The van der Waals surface area contributed by atoms with E-state index in [9.17, 15) is 18.0 Å². The number of sulfonamides is 1. The van der Waals surface area contributed by atoms with E-state index < -0.39 is 28.4 Å². The van der Waals surface area contributed by atoms with Crippen LogP contribution in [-0.2, 0) is 27.9 Å². The Hall–Kier alpha value is -3.46. The number of nitrogens with one attached hydrogen (secondary N) is 1. The van der Waals surface area contributed by atoms with Gasteiger partial charge in [0.2, 0.25) is 5.91 Å². The topological polar surface area (TPSA) is 101 Å². The summed E-state index contributed by atoms with van der Waals surface area (Å²) in [4.78, 5) is 24.9. The fourth-order valence-electron chi connectivity index (χ4n) is 3.66. The number of benzene rings is 2. The highest BCUT2D eigenvalue weighted by molar-refractivity contribution is 7.90. The number of aromatic nitrogens is 2. The molecular weight excluding hydrogens is 416 g/mol. The molecular formula is C22H22N4O4S. The second-order valence-corrected chi connectivity index (χ2v) is 9.21. The van der Waals surface area contributed by atoms with Gasteiger partial charge < -0.3 is 5.32 Å². The van der Waals surface area contributed by atoms with Gasteiger partial charge in [-0.1, -0.05) is 42.5 Å². The van der Waals surface area contributed by atoms with E-state index in [1.54, 1.807) is 12.1 Å². The van der Waals surface area contributed by atoms with Gasteiger partial charge in [0.25, 0.3) is 15.9 Å². The Morgan fingerprint density at radius 1 is 1.03 bits per heavy atom. The van der Waals surface area contributed by atoms with Gasteiger partial charge in [-0.3, -0.25) is 14.3 Å². The van der Waals surface area contributed by atoms with E-state index in [1.807, 2.05) is 48.9 Å². The first-order valence-corrected chi connectivity index (χ1v) is 11.2. The quantitative estimate of drug-likeness (QED) is 0.634. The number of rotatable bonds is 6. The molecule has 3 aromatic rings. The summed E-state index contributed by atoms with van der Waals surface area (Å²) in [6.45, 7) is 4.03. The molecule has 0 saturated heterocycles. The minimum absolute atomic E-state index is 0.0679. The lowest BCUT2D eigenvalue weighted by atomic mass is 10.2. The Balaban J connectivity index is 1.44. The summed E-state index contributed by atoms with van der Waals surface area (Å²) in [7, 11) is -4.01. The normalized spacial score (nSPS) is 14.5. The first-order chi connectivity index (χ1) is 14.8. The van der Waals surface area contributed by atoms with E-state index in [0.717, 1.165) is 22.5 Å². The summed E-state index contributed by atoms with van der Waals surface area (Å²) in [5.41, 5.74) is 3.76. The van der Waals surface area contributed by atoms with Crippen LogP contribution < -0.4 is 5.32 Å². The van der Waals surface area contributed by atoms with Crippen molar-refractivity contribution in [2.75, 3.05) is 6.54 Å². The lowest BCUT2D eigenvalue weighted by Gasteiger charge is -2.15. The van der Waals surface area contributed by atoms with Gasteiger partial charge >= 0.3 is 0 Å². The zero-order chi connectivity index (χ0) is 22.2. The fourth-order valence-corrected chi connectivity index (χ4v) is 5.19. The van der Waals surface area contributed by atoms with Crippen LogP contribution in [-0.4, -0.2) is 40.9 Å². The van der Waals surface area contributed by atoms with Crippen LogP contribution in [0.4, 0.5) is 0 Å². The number of fused-ring (bicyclic) bond motifs is 1. The highest BCUT2D eigenvalue weighted by Crippen LogP contribution is 2.29. The Morgan fingerprint density at radius 2 is 1.71 bits per heavy atom. The standard InChI is InChI=1S/C22H22N4O4S/c1-15-19(16(2)25(24-15)13-17-8-4-3-5-9-17)12-23-21(27)14-26-22(28)18-10-6-7-11-20(18)31(26,29)30/h3-11H,12-14H2,1-2H3,(H,23,27). The van der Waals surface area contributed by atoms with Crippen LogP contribution in [0.1, 0.15) is 32.9 Å². The number of nitrogens with zero attached hydrogens (tertiary/aromatic N) is 3. The molecule has 0 spiro atoms. The molecule has 2 heterocycles. The van der Waals surface area contributed by atoms with Gasteiger partial charge in [0.05, 0.1) is 17.8 Å². The number of hydrogen-bond acceptors (Lipinski definition) is 5. The summed E-state index contributed by atoms with van der Waals surface area (Å²) in [6.07, 6.45) is 0. The van der Waals surface area contributed by atoms with Crippen LogP contribution in [0.5, 0.6) is 0 Å². The van der Waals surface area contributed by atoms with E-state index in [-0.39, 0.29) is 17.0 Å². The molecule has 0 saturated carbocycles. The van der Waals surface area contributed by atoms with Crippen LogP contribution in [0.3, 0.4) is 0 Å². The van der Waals surface area contributed by atoms with E-state index in [2.05, 4.69) is 10.4 Å². The summed E-state index contributed by atoms with van der Waals surface area (Å²) in [5, 5.41) is 7.27. The van der Waals surface area contributed by atoms with Crippen molar-refractivity contribution in [2.45, 2.75) is 31.8 Å². The van der Waals surface area contributed by atoms with Crippen molar-refractivity contribution in [2.24, 2.45) is 0 Å². The third-order valence-electron chi connectivity index (χ3n) is 5.37. The van der Waals surface area contributed by atoms with Crippen molar-refractivity contribution in [1.29, 1.82) is 0 Å². The van der Waals surface area contributed by atoms with Gasteiger partial charge in [0.1, 0.15) is 11.4 Å². The summed E-state index contributed by atoms with van der Waals surface area (Å²) < 4.78 is 27.7. The minimum Gasteiger partial charge on any atom is -0.350 e. The van der Waals surface area contributed by atoms with Crippen molar-refractivity contribution < 1.29 is 18.0 Å². The minimum atomic E-state index is -4.01. The molecule has 160 valence electrons.